The number of amides is 1. The molecule has 2 aromatic carbocycles. The Morgan fingerprint density at radius 1 is 1.04 bits per heavy atom. The zero-order valence-corrected chi connectivity index (χ0v) is 14.0. The van der Waals surface area contributed by atoms with Crippen molar-refractivity contribution in [2.24, 2.45) is 0 Å². The molecular formula is C21H17N3O2. The predicted octanol–water partition coefficient (Wildman–Crippen LogP) is 4.54. The van der Waals surface area contributed by atoms with E-state index in [1.807, 2.05) is 60.8 Å². The van der Waals surface area contributed by atoms with Gasteiger partial charge in [0.2, 0.25) is 11.8 Å². The standard InChI is InChI=1S/C21H17N3O2/c25-20(12-15-14-23-19-9-5-4-8-18(15)19)24-16-10-11-22-21(13-16)26-17-6-2-1-3-7-17/h1-11,13-14,23H,12H2,(H,22,24,25). The predicted molar refractivity (Wildman–Crippen MR) is 101 cm³/mol. The van der Waals surface area contributed by atoms with Crippen LogP contribution < -0.4 is 10.1 Å². The number of ether oxygens (including phenoxy) is 1. The molecule has 2 aromatic heterocycles. The first kappa shape index (κ1) is 15.9. The van der Waals surface area contributed by atoms with Gasteiger partial charge in [0.1, 0.15) is 5.75 Å². The molecule has 5 nitrogen and oxygen atoms in total. The maximum absolute atomic E-state index is 12.4. The highest BCUT2D eigenvalue weighted by Gasteiger charge is 2.09. The smallest absolute Gasteiger partial charge is 0.228 e. The van der Waals surface area contributed by atoms with Gasteiger partial charge in [0.05, 0.1) is 6.42 Å². The molecule has 0 aliphatic rings. The molecular weight excluding hydrogens is 326 g/mol. The Hall–Kier alpha value is -3.60. The number of aromatic nitrogens is 2. The monoisotopic (exact) mass is 343 g/mol. The summed E-state index contributed by atoms with van der Waals surface area (Å²) in [6.07, 6.45) is 3.78. The van der Waals surface area contributed by atoms with Gasteiger partial charge in [-0.1, -0.05) is 36.4 Å². The van der Waals surface area contributed by atoms with Gasteiger partial charge >= 0.3 is 0 Å². The number of carbonyl (C=O) groups excluding carboxylic acids is 1. The number of hydrogen-bond acceptors (Lipinski definition) is 3. The topological polar surface area (TPSA) is 67.0 Å². The Morgan fingerprint density at radius 3 is 2.73 bits per heavy atom. The van der Waals surface area contributed by atoms with Crippen LogP contribution in [0.2, 0.25) is 0 Å². The summed E-state index contributed by atoms with van der Waals surface area (Å²) in [7, 11) is 0. The first-order valence-corrected chi connectivity index (χ1v) is 8.32. The number of aromatic amines is 1. The molecule has 0 spiro atoms. The highest BCUT2D eigenvalue weighted by atomic mass is 16.5. The van der Waals surface area contributed by atoms with E-state index < -0.39 is 0 Å². The number of nitrogens with zero attached hydrogens (tertiary/aromatic N) is 1. The Balaban J connectivity index is 1.45. The van der Waals surface area contributed by atoms with Gasteiger partial charge in [-0.2, -0.15) is 0 Å². The average molecular weight is 343 g/mol. The molecule has 4 aromatic rings. The van der Waals surface area contributed by atoms with E-state index in [1.54, 1.807) is 18.3 Å². The fraction of sp³-hybridized carbons (Fsp3) is 0.0476. The molecule has 0 aliphatic carbocycles. The van der Waals surface area contributed by atoms with Gasteiger partial charge in [-0.15, -0.1) is 0 Å². The van der Waals surface area contributed by atoms with E-state index in [2.05, 4.69) is 15.3 Å². The molecule has 2 heterocycles. The van der Waals surface area contributed by atoms with E-state index >= 15 is 0 Å². The first-order chi connectivity index (χ1) is 12.8. The molecule has 0 atom stereocenters. The number of H-pyrrole nitrogens is 1. The molecule has 0 fully saturated rings. The van der Waals surface area contributed by atoms with Crippen LogP contribution in [0.3, 0.4) is 0 Å². The highest BCUT2D eigenvalue weighted by Crippen LogP contribution is 2.22. The maximum atomic E-state index is 12.4. The minimum Gasteiger partial charge on any atom is -0.439 e. The second-order valence-corrected chi connectivity index (χ2v) is 5.88. The number of rotatable bonds is 5. The Bertz CT molecular complexity index is 1040. The Labute approximate surface area is 150 Å². The van der Waals surface area contributed by atoms with Gasteiger partial charge in [0, 0.05) is 35.1 Å². The van der Waals surface area contributed by atoms with Crippen LogP contribution in [0.15, 0.2) is 79.1 Å². The van der Waals surface area contributed by atoms with E-state index in [0.29, 0.717) is 23.7 Å². The summed E-state index contributed by atoms with van der Waals surface area (Å²) in [5.74, 6) is 1.04. The fourth-order valence-corrected chi connectivity index (χ4v) is 2.81. The van der Waals surface area contributed by atoms with Crippen LogP contribution in [-0.2, 0) is 11.2 Å². The summed E-state index contributed by atoms with van der Waals surface area (Å²) in [4.78, 5) is 19.8. The van der Waals surface area contributed by atoms with Crippen LogP contribution in [0.4, 0.5) is 5.69 Å². The minimum absolute atomic E-state index is 0.0911. The number of fused-ring (bicyclic) bond motifs is 1. The van der Waals surface area contributed by atoms with Crippen molar-refractivity contribution in [1.82, 2.24) is 9.97 Å². The van der Waals surface area contributed by atoms with E-state index in [-0.39, 0.29) is 5.91 Å². The third kappa shape index (κ3) is 3.57. The number of para-hydroxylation sites is 2. The molecule has 0 unspecified atom stereocenters. The number of hydrogen-bond donors (Lipinski definition) is 2. The lowest BCUT2D eigenvalue weighted by Gasteiger charge is -2.08. The molecule has 0 bridgehead atoms. The Morgan fingerprint density at radius 2 is 1.85 bits per heavy atom. The summed E-state index contributed by atoms with van der Waals surface area (Å²) in [6.45, 7) is 0. The second kappa shape index (κ2) is 7.11. The first-order valence-electron chi connectivity index (χ1n) is 8.32. The van der Waals surface area contributed by atoms with Gasteiger partial charge in [0.15, 0.2) is 0 Å². The summed E-state index contributed by atoms with van der Waals surface area (Å²) < 4.78 is 5.70. The lowest BCUT2D eigenvalue weighted by Crippen LogP contribution is -2.14. The van der Waals surface area contributed by atoms with Crippen LogP contribution in [-0.4, -0.2) is 15.9 Å². The lowest BCUT2D eigenvalue weighted by atomic mass is 10.1. The van der Waals surface area contributed by atoms with Crippen molar-refractivity contribution in [2.45, 2.75) is 6.42 Å². The summed E-state index contributed by atoms with van der Waals surface area (Å²) >= 11 is 0. The molecule has 0 saturated carbocycles. The van der Waals surface area contributed by atoms with E-state index in [1.165, 1.54) is 0 Å². The van der Waals surface area contributed by atoms with Crippen molar-refractivity contribution in [3.05, 3.63) is 84.7 Å². The van der Waals surface area contributed by atoms with Gasteiger partial charge in [-0.25, -0.2) is 4.98 Å². The average Bonchev–Trinajstić information content (AvgIpc) is 3.06. The van der Waals surface area contributed by atoms with Crippen LogP contribution in [0.5, 0.6) is 11.6 Å². The SMILES string of the molecule is O=C(Cc1c[nH]c2ccccc12)Nc1ccnc(Oc2ccccc2)c1. The van der Waals surface area contributed by atoms with Gasteiger partial charge < -0.3 is 15.0 Å². The summed E-state index contributed by atoms with van der Waals surface area (Å²) in [5, 5.41) is 3.96. The zero-order valence-electron chi connectivity index (χ0n) is 14.0. The Kier molecular flexibility index (Phi) is 4.35. The van der Waals surface area contributed by atoms with E-state index in [4.69, 9.17) is 4.74 Å². The number of benzene rings is 2. The van der Waals surface area contributed by atoms with E-state index in [9.17, 15) is 4.79 Å². The van der Waals surface area contributed by atoms with Crippen molar-refractivity contribution in [1.29, 1.82) is 0 Å². The van der Waals surface area contributed by atoms with Gasteiger partial charge in [-0.3, -0.25) is 4.79 Å². The molecule has 5 heteroatoms. The molecule has 1 amide bonds. The molecule has 4 rings (SSSR count). The highest BCUT2D eigenvalue weighted by molar-refractivity contribution is 5.95. The quantitative estimate of drug-likeness (QED) is 0.559. The van der Waals surface area contributed by atoms with E-state index in [0.717, 1.165) is 16.5 Å². The van der Waals surface area contributed by atoms with Crippen LogP contribution in [0, 0.1) is 0 Å². The molecule has 26 heavy (non-hydrogen) atoms. The number of carbonyl (C=O) groups is 1. The van der Waals surface area contributed by atoms with Crippen molar-refractivity contribution in [3.63, 3.8) is 0 Å². The van der Waals surface area contributed by atoms with Gasteiger partial charge in [-0.05, 0) is 29.8 Å². The minimum atomic E-state index is -0.0911. The second-order valence-electron chi connectivity index (χ2n) is 5.88. The zero-order chi connectivity index (χ0) is 17.8. The van der Waals surface area contributed by atoms with Crippen molar-refractivity contribution in [2.75, 3.05) is 5.32 Å². The largest absolute Gasteiger partial charge is 0.439 e. The van der Waals surface area contributed by atoms with Gasteiger partial charge in [0.25, 0.3) is 0 Å². The van der Waals surface area contributed by atoms with Crippen molar-refractivity contribution in [3.8, 4) is 11.6 Å². The number of nitrogens with one attached hydrogen (secondary N) is 2. The third-order valence-corrected chi connectivity index (χ3v) is 4.01. The maximum Gasteiger partial charge on any atom is 0.228 e. The van der Waals surface area contributed by atoms with Crippen LogP contribution >= 0.6 is 0 Å². The molecule has 0 aliphatic heterocycles. The third-order valence-electron chi connectivity index (χ3n) is 4.01. The molecule has 0 radical (unpaired) electrons. The molecule has 2 N–H and O–H groups in total. The summed E-state index contributed by atoms with van der Waals surface area (Å²) in [6, 6.07) is 20.8. The van der Waals surface area contributed by atoms with Crippen LogP contribution in [0.25, 0.3) is 10.9 Å². The number of anilines is 1. The van der Waals surface area contributed by atoms with Crippen molar-refractivity contribution < 1.29 is 9.53 Å². The fourth-order valence-electron chi connectivity index (χ4n) is 2.81. The molecule has 0 saturated heterocycles. The molecule has 128 valence electrons. The lowest BCUT2D eigenvalue weighted by molar-refractivity contribution is -0.115. The van der Waals surface area contributed by atoms with Crippen molar-refractivity contribution >= 4 is 22.5 Å². The number of pyridine rings is 1. The summed E-state index contributed by atoms with van der Waals surface area (Å²) in [5.41, 5.74) is 2.64. The van der Waals surface area contributed by atoms with Crippen LogP contribution in [0.1, 0.15) is 5.56 Å². The normalized spacial score (nSPS) is 10.6.